The molecule has 2 atom stereocenters. The third-order valence-electron chi connectivity index (χ3n) is 4.64. The lowest BCUT2D eigenvalue weighted by Crippen LogP contribution is -2.45. The lowest BCUT2D eigenvalue weighted by molar-refractivity contribution is -0.150. The van der Waals surface area contributed by atoms with E-state index >= 15 is 0 Å². The third kappa shape index (κ3) is 2.09. The van der Waals surface area contributed by atoms with E-state index in [-0.39, 0.29) is 17.7 Å². The number of nitrogens with zero attached hydrogens (tertiary/aromatic N) is 1. The largest absolute Gasteiger partial charge is 0.480 e. The van der Waals surface area contributed by atoms with Gasteiger partial charge in [0.1, 0.15) is 6.04 Å². The molecule has 4 nitrogen and oxygen atoms in total. The first-order chi connectivity index (χ1) is 9.58. The molecule has 20 heavy (non-hydrogen) atoms. The number of fused-ring (bicyclic) bond motifs is 1. The van der Waals surface area contributed by atoms with Crippen LogP contribution in [0.1, 0.15) is 24.5 Å². The van der Waals surface area contributed by atoms with Gasteiger partial charge in [-0.05, 0) is 36.3 Å². The number of amides is 1. The first kappa shape index (κ1) is 13.2. The summed E-state index contributed by atoms with van der Waals surface area (Å²) in [7, 11) is 0. The first-order valence-electron chi connectivity index (χ1n) is 7.18. The molecule has 4 heteroatoms. The maximum atomic E-state index is 12.6. The molecule has 1 aliphatic carbocycles. The molecular formula is C16H19NO3. The second-order valence-electron chi connectivity index (χ2n) is 5.95. The summed E-state index contributed by atoms with van der Waals surface area (Å²) >= 11 is 0. The van der Waals surface area contributed by atoms with Crippen molar-refractivity contribution in [3.63, 3.8) is 0 Å². The van der Waals surface area contributed by atoms with E-state index in [1.807, 2.05) is 19.1 Å². The molecule has 0 saturated carbocycles. The van der Waals surface area contributed by atoms with Crippen LogP contribution in [0.2, 0.25) is 0 Å². The predicted octanol–water partition coefficient (Wildman–Crippen LogP) is 1.72. The van der Waals surface area contributed by atoms with Gasteiger partial charge in [0.05, 0.1) is 0 Å². The maximum absolute atomic E-state index is 12.6. The van der Waals surface area contributed by atoms with Gasteiger partial charge in [0.15, 0.2) is 0 Å². The Morgan fingerprint density at radius 2 is 1.80 bits per heavy atom. The van der Waals surface area contributed by atoms with Crippen LogP contribution < -0.4 is 0 Å². The number of carboxylic acid groups (broad SMARTS) is 1. The van der Waals surface area contributed by atoms with Crippen molar-refractivity contribution >= 4 is 11.9 Å². The highest BCUT2D eigenvalue weighted by atomic mass is 16.4. The summed E-state index contributed by atoms with van der Waals surface area (Å²) < 4.78 is 0. The first-order valence-corrected chi connectivity index (χ1v) is 7.18. The summed E-state index contributed by atoms with van der Waals surface area (Å²) in [5.41, 5.74) is 2.45. The molecule has 1 heterocycles. The van der Waals surface area contributed by atoms with Gasteiger partial charge in [-0.15, -0.1) is 0 Å². The van der Waals surface area contributed by atoms with E-state index in [4.69, 9.17) is 0 Å². The summed E-state index contributed by atoms with van der Waals surface area (Å²) in [6.45, 7) is 2.49. The standard InChI is InChI=1S/C16H19NO3/c1-10-6-7-17(14(10)16(19)20)15(18)13-8-11-4-2-3-5-12(11)9-13/h2-5,10,13-14H,6-9H2,1H3,(H,19,20). The summed E-state index contributed by atoms with van der Waals surface area (Å²) in [6, 6.07) is 7.45. The summed E-state index contributed by atoms with van der Waals surface area (Å²) in [5, 5.41) is 9.33. The van der Waals surface area contributed by atoms with Crippen LogP contribution in [0.4, 0.5) is 0 Å². The zero-order chi connectivity index (χ0) is 14.3. The molecule has 1 amide bonds. The van der Waals surface area contributed by atoms with Gasteiger partial charge in [-0.1, -0.05) is 31.2 Å². The Labute approximate surface area is 118 Å². The van der Waals surface area contributed by atoms with E-state index in [1.54, 1.807) is 4.90 Å². The number of carbonyl (C=O) groups excluding carboxylic acids is 1. The van der Waals surface area contributed by atoms with Crippen molar-refractivity contribution < 1.29 is 14.7 Å². The van der Waals surface area contributed by atoms with Gasteiger partial charge >= 0.3 is 5.97 Å². The number of hydrogen-bond acceptors (Lipinski definition) is 2. The molecule has 1 aliphatic heterocycles. The van der Waals surface area contributed by atoms with E-state index in [0.29, 0.717) is 6.54 Å². The van der Waals surface area contributed by atoms with Crippen molar-refractivity contribution in [3.05, 3.63) is 35.4 Å². The molecule has 3 rings (SSSR count). The highest BCUT2D eigenvalue weighted by molar-refractivity contribution is 5.86. The van der Waals surface area contributed by atoms with Crippen molar-refractivity contribution in [1.29, 1.82) is 0 Å². The lowest BCUT2D eigenvalue weighted by atomic mass is 10.0. The SMILES string of the molecule is CC1CCN(C(=O)C2Cc3ccccc3C2)C1C(=O)O. The van der Waals surface area contributed by atoms with Gasteiger partial charge in [-0.25, -0.2) is 4.79 Å². The summed E-state index contributed by atoms with van der Waals surface area (Å²) in [5.74, 6) is -0.906. The minimum absolute atomic E-state index is 0.0120. The number of rotatable bonds is 2. The molecule has 2 unspecified atom stereocenters. The molecule has 0 aromatic heterocycles. The fourth-order valence-corrected chi connectivity index (χ4v) is 3.54. The molecule has 0 spiro atoms. The van der Waals surface area contributed by atoms with Gasteiger partial charge in [0, 0.05) is 12.5 Å². The molecule has 1 aromatic carbocycles. The van der Waals surface area contributed by atoms with Crippen LogP contribution in [0, 0.1) is 11.8 Å². The Morgan fingerprint density at radius 3 is 2.35 bits per heavy atom. The molecule has 1 saturated heterocycles. The number of hydrogen-bond donors (Lipinski definition) is 1. The summed E-state index contributed by atoms with van der Waals surface area (Å²) in [4.78, 5) is 25.6. The van der Waals surface area contributed by atoms with Crippen LogP contribution >= 0.6 is 0 Å². The van der Waals surface area contributed by atoms with Gasteiger partial charge in [0.2, 0.25) is 5.91 Å². The molecule has 1 fully saturated rings. The van der Waals surface area contributed by atoms with E-state index in [9.17, 15) is 14.7 Å². The fourth-order valence-electron chi connectivity index (χ4n) is 3.54. The number of carbonyl (C=O) groups is 2. The lowest BCUT2D eigenvalue weighted by Gasteiger charge is -2.26. The Bertz CT molecular complexity index is 529. The number of benzene rings is 1. The molecule has 2 aliphatic rings. The normalized spacial score (nSPS) is 25.8. The number of carboxylic acids is 1. The number of aliphatic carboxylic acids is 1. The minimum atomic E-state index is -0.876. The zero-order valence-electron chi connectivity index (χ0n) is 11.6. The van der Waals surface area contributed by atoms with Crippen molar-refractivity contribution in [2.24, 2.45) is 11.8 Å². The van der Waals surface area contributed by atoms with Crippen LogP contribution in [0.5, 0.6) is 0 Å². The van der Waals surface area contributed by atoms with E-state index < -0.39 is 12.0 Å². The van der Waals surface area contributed by atoms with Crippen LogP contribution in [0.15, 0.2) is 24.3 Å². The second kappa shape index (κ2) is 4.93. The average molecular weight is 273 g/mol. The second-order valence-corrected chi connectivity index (χ2v) is 5.95. The van der Waals surface area contributed by atoms with Crippen molar-refractivity contribution in [1.82, 2.24) is 4.90 Å². The minimum Gasteiger partial charge on any atom is -0.480 e. The van der Waals surface area contributed by atoms with E-state index in [2.05, 4.69) is 12.1 Å². The Kier molecular flexibility index (Phi) is 3.24. The van der Waals surface area contributed by atoms with Gasteiger partial charge < -0.3 is 10.0 Å². The molecule has 1 aromatic rings. The van der Waals surface area contributed by atoms with Crippen LogP contribution in [-0.4, -0.2) is 34.5 Å². The number of likely N-dealkylation sites (tertiary alicyclic amines) is 1. The van der Waals surface area contributed by atoms with Gasteiger partial charge in [-0.2, -0.15) is 0 Å². The fraction of sp³-hybridized carbons (Fsp3) is 0.500. The molecular weight excluding hydrogens is 254 g/mol. The van der Waals surface area contributed by atoms with Crippen LogP contribution in [0.3, 0.4) is 0 Å². The Balaban J connectivity index is 1.76. The Morgan fingerprint density at radius 1 is 1.20 bits per heavy atom. The van der Waals surface area contributed by atoms with Gasteiger partial charge in [0.25, 0.3) is 0 Å². The third-order valence-corrected chi connectivity index (χ3v) is 4.64. The van der Waals surface area contributed by atoms with E-state index in [1.165, 1.54) is 11.1 Å². The van der Waals surface area contributed by atoms with Crippen molar-refractivity contribution in [3.8, 4) is 0 Å². The topological polar surface area (TPSA) is 57.6 Å². The Hall–Kier alpha value is -1.84. The highest BCUT2D eigenvalue weighted by Crippen LogP contribution is 2.31. The van der Waals surface area contributed by atoms with E-state index in [0.717, 1.165) is 19.3 Å². The molecule has 0 radical (unpaired) electrons. The molecule has 106 valence electrons. The highest BCUT2D eigenvalue weighted by Gasteiger charge is 2.42. The summed E-state index contributed by atoms with van der Waals surface area (Å²) in [6.07, 6.45) is 2.26. The smallest absolute Gasteiger partial charge is 0.326 e. The average Bonchev–Trinajstić information content (AvgIpc) is 3.00. The van der Waals surface area contributed by atoms with Crippen LogP contribution in [0.25, 0.3) is 0 Å². The van der Waals surface area contributed by atoms with Crippen molar-refractivity contribution in [2.45, 2.75) is 32.2 Å². The van der Waals surface area contributed by atoms with Crippen molar-refractivity contribution in [2.75, 3.05) is 6.54 Å². The monoisotopic (exact) mass is 273 g/mol. The van der Waals surface area contributed by atoms with Gasteiger partial charge in [-0.3, -0.25) is 4.79 Å². The molecule has 1 N–H and O–H groups in total. The van der Waals surface area contributed by atoms with Crippen LogP contribution in [-0.2, 0) is 22.4 Å². The predicted molar refractivity (Wildman–Crippen MR) is 74.3 cm³/mol. The zero-order valence-corrected chi connectivity index (χ0v) is 11.6. The maximum Gasteiger partial charge on any atom is 0.326 e. The quantitative estimate of drug-likeness (QED) is 0.892. The molecule has 0 bridgehead atoms.